The lowest BCUT2D eigenvalue weighted by Crippen LogP contribution is -2.43. The lowest BCUT2D eigenvalue weighted by atomic mass is 10.2. The van der Waals surface area contributed by atoms with Crippen molar-refractivity contribution in [2.75, 3.05) is 11.9 Å². The first-order chi connectivity index (χ1) is 9.79. The molecule has 1 aromatic rings. The number of hydrogen-bond acceptors (Lipinski definition) is 3. The van der Waals surface area contributed by atoms with E-state index in [0.29, 0.717) is 5.56 Å². The van der Waals surface area contributed by atoms with Gasteiger partial charge in [0.05, 0.1) is 10.6 Å². The van der Waals surface area contributed by atoms with Crippen LogP contribution < -0.4 is 5.32 Å². The number of nitrogens with one attached hydrogen (secondary N) is 1. The molecule has 8 heteroatoms. The van der Waals surface area contributed by atoms with Gasteiger partial charge >= 0.3 is 12.0 Å². The van der Waals surface area contributed by atoms with Crippen molar-refractivity contribution in [3.8, 4) is 0 Å². The number of urea groups is 1. The van der Waals surface area contributed by atoms with Crippen LogP contribution in [0.25, 0.3) is 0 Å². The molecule has 21 heavy (non-hydrogen) atoms. The number of carbonyl (C=O) groups is 2. The Morgan fingerprint density at radius 3 is 2.76 bits per heavy atom. The topological polar surface area (TPSA) is 89.9 Å². The van der Waals surface area contributed by atoms with E-state index in [1.165, 1.54) is 6.07 Å². The number of hydrogen-bond donors (Lipinski definition) is 3. The second kappa shape index (κ2) is 5.98. The van der Waals surface area contributed by atoms with E-state index in [4.69, 9.17) is 5.11 Å². The number of aliphatic carboxylic acids is 1. The summed E-state index contributed by atoms with van der Waals surface area (Å²) >= 11 is 3.04. The van der Waals surface area contributed by atoms with Gasteiger partial charge in [0.15, 0.2) is 0 Å². The molecule has 0 spiro atoms. The molecule has 1 heterocycles. The van der Waals surface area contributed by atoms with Crippen LogP contribution >= 0.6 is 15.9 Å². The molecule has 0 bridgehead atoms. The molecule has 0 unspecified atom stereocenters. The van der Waals surface area contributed by atoms with Gasteiger partial charge in [-0.15, -0.1) is 0 Å². The van der Waals surface area contributed by atoms with E-state index >= 15 is 0 Å². The molecule has 1 aromatic carbocycles. The van der Waals surface area contributed by atoms with Crippen molar-refractivity contribution >= 4 is 33.6 Å². The number of aliphatic hydroxyl groups excluding tert-OH is 1. The van der Waals surface area contributed by atoms with Crippen molar-refractivity contribution in [3.63, 3.8) is 0 Å². The molecule has 114 valence electrons. The predicted octanol–water partition coefficient (Wildman–Crippen LogP) is 1.95. The van der Waals surface area contributed by atoms with Gasteiger partial charge < -0.3 is 20.4 Å². The number of rotatable bonds is 2. The molecule has 2 atom stereocenters. The Hall–Kier alpha value is -1.67. The average molecular weight is 361 g/mol. The number of benzene rings is 1. The number of β-amino-alcohol motifs (C(OH)–C–C–N with tert-alkyl or cyclic N) is 1. The summed E-state index contributed by atoms with van der Waals surface area (Å²) in [5.41, 5.74) is 0.884. The van der Waals surface area contributed by atoms with Crippen LogP contribution in [0.4, 0.5) is 14.9 Å². The molecule has 2 amide bonds. The summed E-state index contributed by atoms with van der Waals surface area (Å²) in [5.74, 6) is -1.72. The van der Waals surface area contributed by atoms with Crippen LogP contribution in [0, 0.1) is 12.7 Å². The van der Waals surface area contributed by atoms with Gasteiger partial charge in [-0.1, -0.05) is 0 Å². The van der Waals surface area contributed by atoms with Crippen molar-refractivity contribution in [2.24, 2.45) is 0 Å². The van der Waals surface area contributed by atoms with E-state index in [2.05, 4.69) is 21.2 Å². The van der Waals surface area contributed by atoms with Crippen molar-refractivity contribution in [3.05, 3.63) is 28.0 Å². The molecule has 0 aromatic heterocycles. The molecule has 1 saturated heterocycles. The molecule has 1 aliphatic heterocycles. The molecular formula is C13H14BrFN2O4. The Kier molecular flexibility index (Phi) is 4.48. The van der Waals surface area contributed by atoms with Crippen LogP contribution in [0.3, 0.4) is 0 Å². The number of aliphatic hydroxyl groups is 1. The standard InChI is InChI=1S/C13H14BrFN2O4/c1-6-2-8(14)9(15)4-10(6)16-13(21)17-5-7(18)3-11(17)12(19)20/h2,4,7,11,18H,3,5H2,1H3,(H,16,21)(H,19,20)/t7-,11-/m1/s1. The second-order valence-corrected chi connectivity index (χ2v) is 5.76. The van der Waals surface area contributed by atoms with Crippen molar-refractivity contribution < 1.29 is 24.2 Å². The fourth-order valence-electron chi connectivity index (χ4n) is 2.24. The van der Waals surface area contributed by atoms with Gasteiger partial charge in [0.1, 0.15) is 11.9 Å². The Bertz CT molecular complexity index is 596. The number of likely N-dealkylation sites (tertiary alicyclic amines) is 1. The van der Waals surface area contributed by atoms with E-state index in [0.717, 1.165) is 11.0 Å². The van der Waals surface area contributed by atoms with Crippen LogP contribution in [-0.4, -0.2) is 45.8 Å². The summed E-state index contributed by atoms with van der Waals surface area (Å²) in [6.07, 6.45) is -0.893. The lowest BCUT2D eigenvalue weighted by Gasteiger charge is -2.22. The van der Waals surface area contributed by atoms with Crippen molar-refractivity contribution in [1.29, 1.82) is 0 Å². The molecule has 1 aliphatic rings. The monoisotopic (exact) mass is 360 g/mol. The largest absolute Gasteiger partial charge is 0.480 e. The van der Waals surface area contributed by atoms with Crippen molar-refractivity contribution in [2.45, 2.75) is 25.5 Å². The van der Waals surface area contributed by atoms with Crippen LogP contribution in [0.5, 0.6) is 0 Å². The van der Waals surface area contributed by atoms with Gasteiger partial charge in [-0.3, -0.25) is 0 Å². The van der Waals surface area contributed by atoms with Gasteiger partial charge in [-0.2, -0.15) is 0 Å². The third kappa shape index (κ3) is 3.33. The average Bonchev–Trinajstić information content (AvgIpc) is 2.78. The highest BCUT2D eigenvalue weighted by Crippen LogP contribution is 2.25. The molecule has 2 rings (SSSR count). The Morgan fingerprint density at radius 1 is 1.48 bits per heavy atom. The first-order valence-electron chi connectivity index (χ1n) is 6.23. The lowest BCUT2D eigenvalue weighted by molar-refractivity contribution is -0.141. The van der Waals surface area contributed by atoms with Crippen LogP contribution in [0.15, 0.2) is 16.6 Å². The van der Waals surface area contributed by atoms with Gasteiger partial charge in [-0.25, -0.2) is 14.0 Å². The van der Waals surface area contributed by atoms with E-state index < -0.39 is 30.0 Å². The van der Waals surface area contributed by atoms with E-state index in [-0.39, 0.29) is 23.1 Å². The zero-order chi connectivity index (χ0) is 15.7. The van der Waals surface area contributed by atoms with E-state index in [9.17, 15) is 19.1 Å². The smallest absolute Gasteiger partial charge is 0.326 e. The maximum atomic E-state index is 13.5. The molecule has 0 radical (unpaired) electrons. The van der Waals surface area contributed by atoms with Gasteiger partial charge in [0, 0.05) is 18.7 Å². The van der Waals surface area contributed by atoms with Gasteiger partial charge in [-0.05, 0) is 40.5 Å². The maximum Gasteiger partial charge on any atom is 0.326 e. The zero-order valence-electron chi connectivity index (χ0n) is 11.1. The van der Waals surface area contributed by atoms with Crippen LogP contribution in [0.2, 0.25) is 0 Å². The number of nitrogens with zero attached hydrogens (tertiary/aromatic N) is 1. The summed E-state index contributed by atoms with van der Waals surface area (Å²) in [4.78, 5) is 24.2. The number of carboxylic acid groups (broad SMARTS) is 1. The summed E-state index contributed by atoms with van der Waals surface area (Å²) in [5, 5.41) is 21.0. The SMILES string of the molecule is Cc1cc(Br)c(F)cc1NC(=O)N1C[C@H](O)C[C@@H]1C(=O)O. The van der Waals surface area contributed by atoms with E-state index in [1.807, 2.05) is 0 Å². The normalized spacial score (nSPS) is 21.4. The predicted molar refractivity (Wildman–Crippen MR) is 76.6 cm³/mol. The molecular weight excluding hydrogens is 347 g/mol. The number of carboxylic acids is 1. The minimum absolute atomic E-state index is 0.0174. The second-order valence-electron chi connectivity index (χ2n) is 4.91. The fourth-order valence-corrected chi connectivity index (χ4v) is 2.70. The first-order valence-corrected chi connectivity index (χ1v) is 7.03. The van der Waals surface area contributed by atoms with E-state index in [1.54, 1.807) is 6.92 Å². The van der Waals surface area contributed by atoms with Crippen LogP contribution in [0.1, 0.15) is 12.0 Å². The maximum absolute atomic E-state index is 13.5. The number of aryl methyl sites for hydroxylation is 1. The third-order valence-corrected chi connectivity index (χ3v) is 3.94. The Balaban J connectivity index is 2.18. The first kappa shape index (κ1) is 15.7. The summed E-state index contributed by atoms with van der Waals surface area (Å²) in [7, 11) is 0. The molecule has 0 saturated carbocycles. The number of halogens is 2. The van der Waals surface area contributed by atoms with Crippen molar-refractivity contribution in [1.82, 2.24) is 4.90 Å². The highest BCUT2D eigenvalue weighted by Gasteiger charge is 2.39. The summed E-state index contributed by atoms with van der Waals surface area (Å²) < 4.78 is 13.8. The highest BCUT2D eigenvalue weighted by molar-refractivity contribution is 9.10. The fraction of sp³-hybridized carbons (Fsp3) is 0.385. The summed E-state index contributed by atoms with van der Waals surface area (Å²) in [6.45, 7) is 1.62. The Labute approximate surface area is 128 Å². The minimum Gasteiger partial charge on any atom is -0.480 e. The molecule has 6 nitrogen and oxygen atoms in total. The minimum atomic E-state index is -1.18. The summed E-state index contributed by atoms with van der Waals surface area (Å²) in [6, 6.07) is 0.905. The van der Waals surface area contributed by atoms with Gasteiger partial charge in [0.25, 0.3) is 0 Å². The number of anilines is 1. The molecule has 0 aliphatic carbocycles. The third-order valence-electron chi connectivity index (χ3n) is 3.33. The zero-order valence-corrected chi connectivity index (χ0v) is 12.7. The Morgan fingerprint density at radius 2 is 2.14 bits per heavy atom. The van der Waals surface area contributed by atoms with Gasteiger partial charge in [0.2, 0.25) is 0 Å². The number of amides is 2. The molecule has 3 N–H and O–H groups in total. The van der Waals surface area contributed by atoms with Crippen LogP contribution in [-0.2, 0) is 4.79 Å². The highest BCUT2D eigenvalue weighted by atomic mass is 79.9. The molecule has 1 fully saturated rings. The quantitative estimate of drug-likeness (QED) is 0.751. The number of carbonyl (C=O) groups excluding carboxylic acids is 1.